The van der Waals surface area contributed by atoms with E-state index in [0.717, 1.165) is 26.2 Å². The number of ether oxygens (including phenoxy) is 1. The van der Waals surface area contributed by atoms with E-state index in [2.05, 4.69) is 50.0 Å². The van der Waals surface area contributed by atoms with Gasteiger partial charge in [-0.15, -0.1) is 0 Å². The molecule has 0 radical (unpaired) electrons. The summed E-state index contributed by atoms with van der Waals surface area (Å²) in [6.45, 7) is 12.7. The molecule has 0 bridgehead atoms. The van der Waals surface area contributed by atoms with Gasteiger partial charge in [-0.2, -0.15) is 0 Å². The maximum Gasteiger partial charge on any atom is 0.0896 e. The Labute approximate surface area is 123 Å². The normalized spacial score (nSPS) is 24.1. The lowest BCUT2D eigenvalue weighted by molar-refractivity contribution is -0.0688. The van der Waals surface area contributed by atoms with Crippen LogP contribution in [0.1, 0.15) is 35.2 Å². The molecule has 2 unspecified atom stereocenters. The van der Waals surface area contributed by atoms with Gasteiger partial charge in [-0.25, -0.2) is 0 Å². The fraction of sp³-hybridized carbons (Fsp3) is 0.647. The van der Waals surface area contributed by atoms with Gasteiger partial charge in [0.05, 0.1) is 18.8 Å². The summed E-state index contributed by atoms with van der Waals surface area (Å²) in [5.41, 5.74) is 5.55. The molecule has 0 spiro atoms. The third kappa shape index (κ3) is 3.05. The zero-order valence-corrected chi connectivity index (χ0v) is 13.5. The molecule has 2 atom stereocenters. The molecule has 1 aliphatic heterocycles. The van der Waals surface area contributed by atoms with Crippen LogP contribution in [-0.4, -0.2) is 44.3 Å². The summed E-state index contributed by atoms with van der Waals surface area (Å²) in [6.07, 6.45) is 0.231. The van der Waals surface area contributed by atoms with Crippen LogP contribution in [0.3, 0.4) is 0 Å². The van der Waals surface area contributed by atoms with E-state index in [1.807, 2.05) is 7.05 Å². The minimum Gasteiger partial charge on any atom is -0.374 e. The number of likely N-dealkylation sites (N-methyl/N-ethyl adjacent to an activating group) is 2. The van der Waals surface area contributed by atoms with Crippen molar-refractivity contribution < 1.29 is 4.74 Å². The Morgan fingerprint density at radius 2 is 1.90 bits per heavy atom. The second kappa shape index (κ2) is 6.70. The summed E-state index contributed by atoms with van der Waals surface area (Å²) in [5, 5.41) is 3.28. The summed E-state index contributed by atoms with van der Waals surface area (Å²) in [7, 11) is 2.00. The van der Waals surface area contributed by atoms with E-state index >= 15 is 0 Å². The van der Waals surface area contributed by atoms with Gasteiger partial charge in [-0.1, -0.05) is 19.1 Å². The molecular formula is C17H28N2O. The van der Waals surface area contributed by atoms with Crippen molar-refractivity contribution in [3.63, 3.8) is 0 Å². The molecule has 1 aliphatic rings. The van der Waals surface area contributed by atoms with Gasteiger partial charge in [0.25, 0.3) is 0 Å². The molecule has 3 heteroatoms. The lowest BCUT2D eigenvalue weighted by Gasteiger charge is -2.42. The first-order valence-corrected chi connectivity index (χ1v) is 7.66. The van der Waals surface area contributed by atoms with Crippen LogP contribution in [0.4, 0.5) is 0 Å². The highest BCUT2D eigenvalue weighted by molar-refractivity contribution is 5.39. The van der Waals surface area contributed by atoms with E-state index in [1.54, 1.807) is 0 Å². The molecule has 0 amide bonds. The van der Waals surface area contributed by atoms with Gasteiger partial charge in [-0.05, 0) is 56.6 Å². The van der Waals surface area contributed by atoms with Gasteiger partial charge in [0, 0.05) is 13.1 Å². The Balaban J connectivity index is 2.40. The Morgan fingerprint density at radius 3 is 2.55 bits per heavy atom. The second-order valence-electron chi connectivity index (χ2n) is 5.83. The molecule has 20 heavy (non-hydrogen) atoms. The first-order valence-electron chi connectivity index (χ1n) is 7.66. The number of hydrogen-bond donors (Lipinski definition) is 1. The molecule has 0 saturated carbocycles. The predicted octanol–water partition coefficient (Wildman–Crippen LogP) is 2.59. The van der Waals surface area contributed by atoms with Crippen LogP contribution in [0.15, 0.2) is 12.1 Å². The highest BCUT2D eigenvalue weighted by Crippen LogP contribution is 2.32. The third-order valence-electron chi connectivity index (χ3n) is 4.47. The summed E-state index contributed by atoms with van der Waals surface area (Å²) in [5.74, 6) is 0. The molecule has 1 N–H and O–H groups in total. The van der Waals surface area contributed by atoms with E-state index in [0.29, 0.717) is 6.04 Å². The third-order valence-corrected chi connectivity index (χ3v) is 4.47. The number of nitrogens with zero attached hydrogens (tertiary/aromatic N) is 1. The van der Waals surface area contributed by atoms with Crippen LogP contribution in [0.2, 0.25) is 0 Å². The van der Waals surface area contributed by atoms with Crippen molar-refractivity contribution in [1.29, 1.82) is 0 Å². The highest BCUT2D eigenvalue weighted by atomic mass is 16.5. The van der Waals surface area contributed by atoms with Crippen LogP contribution >= 0.6 is 0 Å². The molecule has 1 aromatic carbocycles. The van der Waals surface area contributed by atoms with Gasteiger partial charge in [-0.3, -0.25) is 4.90 Å². The molecule has 1 fully saturated rings. The molecule has 1 saturated heterocycles. The molecule has 112 valence electrons. The molecule has 2 rings (SSSR count). The number of hydrogen-bond acceptors (Lipinski definition) is 3. The molecule has 0 aromatic heterocycles. The SMILES string of the molecule is CCN1CCOC(CNC)C1c1cc(C)c(C)cc1C. The first-order chi connectivity index (χ1) is 9.58. The molecule has 0 aliphatic carbocycles. The predicted molar refractivity (Wildman–Crippen MR) is 84.3 cm³/mol. The number of nitrogens with one attached hydrogen (secondary N) is 1. The molecule has 1 aromatic rings. The van der Waals surface area contributed by atoms with E-state index in [1.165, 1.54) is 22.3 Å². The summed E-state index contributed by atoms with van der Waals surface area (Å²) in [6, 6.07) is 5.03. The fourth-order valence-corrected chi connectivity index (χ4v) is 3.21. The van der Waals surface area contributed by atoms with E-state index in [4.69, 9.17) is 4.74 Å². The van der Waals surface area contributed by atoms with Crippen molar-refractivity contribution in [3.05, 3.63) is 34.4 Å². The Morgan fingerprint density at radius 1 is 1.20 bits per heavy atom. The lowest BCUT2D eigenvalue weighted by Crippen LogP contribution is -2.48. The van der Waals surface area contributed by atoms with Crippen LogP contribution in [-0.2, 0) is 4.74 Å². The summed E-state index contributed by atoms with van der Waals surface area (Å²) < 4.78 is 6.04. The first kappa shape index (κ1) is 15.5. The van der Waals surface area contributed by atoms with Gasteiger partial charge >= 0.3 is 0 Å². The number of morpholine rings is 1. The van der Waals surface area contributed by atoms with Gasteiger partial charge in [0.15, 0.2) is 0 Å². The Kier molecular flexibility index (Phi) is 5.19. The van der Waals surface area contributed by atoms with Crippen molar-refractivity contribution >= 4 is 0 Å². The van der Waals surface area contributed by atoms with Crippen molar-refractivity contribution in [2.24, 2.45) is 0 Å². The van der Waals surface area contributed by atoms with Crippen molar-refractivity contribution in [2.45, 2.75) is 39.8 Å². The largest absolute Gasteiger partial charge is 0.374 e. The van der Waals surface area contributed by atoms with E-state index < -0.39 is 0 Å². The van der Waals surface area contributed by atoms with Crippen LogP contribution in [0.25, 0.3) is 0 Å². The Bertz CT molecular complexity index is 457. The van der Waals surface area contributed by atoms with Crippen molar-refractivity contribution in [3.8, 4) is 0 Å². The maximum absolute atomic E-state index is 6.04. The topological polar surface area (TPSA) is 24.5 Å². The second-order valence-corrected chi connectivity index (χ2v) is 5.83. The quantitative estimate of drug-likeness (QED) is 0.915. The van der Waals surface area contributed by atoms with E-state index in [-0.39, 0.29) is 6.10 Å². The van der Waals surface area contributed by atoms with Crippen LogP contribution in [0.5, 0.6) is 0 Å². The highest BCUT2D eigenvalue weighted by Gasteiger charge is 2.33. The minimum atomic E-state index is 0.231. The zero-order chi connectivity index (χ0) is 14.7. The standard InChI is InChI=1S/C17H28N2O/c1-6-19-7-8-20-16(11-18-5)17(19)15-10-13(3)12(2)9-14(15)4/h9-10,16-18H,6-8,11H2,1-5H3. The number of aryl methyl sites for hydroxylation is 3. The summed E-state index contributed by atoms with van der Waals surface area (Å²) >= 11 is 0. The average Bonchev–Trinajstić information content (AvgIpc) is 2.43. The van der Waals surface area contributed by atoms with Crippen molar-refractivity contribution in [1.82, 2.24) is 10.2 Å². The van der Waals surface area contributed by atoms with Gasteiger partial charge in [0.1, 0.15) is 0 Å². The maximum atomic E-state index is 6.04. The van der Waals surface area contributed by atoms with Gasteiger partial charge in [0.2, 0.25) is 0 Å². The minimum absolute atomic E-state index is 0.231. The number of rotatable bonds is 4. The molecule has 3 nitrogen and oxygen atoms in total. The average molecular weight is 276 g/mol. The molecule has 1 heterocycles. The van der Waals surface area contributed by atoms with Crippen LogP contribution < -0.4 is 5.32 Å². The lowest BCUT2D eigenvalue weighted by atomic mass is 9.91. The Hall–Kier alpha value is -0.900. The smallest absolute Gasteiger partial charge is 0.0896 e. The zero-order valence-electron chi connectivity index (χ0n) is 13.5. The molecular weight excluding hydrogens is 248 g/mol. The monoisotopic (exact) mass is 276 g/mol. The number of benzene rings is 1. The van der Waals surface area contributed by atoms with Gasteiger partial charge < -0.3 is 10.1 Å². The van der Waals surface area contributed by atoms with Crippen molar-refractivity contribution in [2.75, 3.05) is 33.3 Å². The fourth-order valence-electron chi connectivity index (χ4n) is 3.21. The summed E-state index contributed by atoms with van der Waals surface area (Å²) in [4.78, 5) is 2.54. The van der Waals surface area contributed by atoms with Crippen LogP contribution in [0, 0.1) is 20.8 Å². The van der Waals surface area contributed by atoms with E-state index in [9.17, 15) is 0 Å².